The minimum absolute atomic E-state index is 0.524. The monoisotopic (exact) mass is 509 g/mol. The summed E-state index contributed by atoms with van der Waals surface area (Å²) in [6.45, 7) is 7.86. The summed E-state index contributed by atoms with van der Waals surface area (Å²) in [5, 5.41) is 10.8. The predicted octanol–water partition coefficient (Wildman–Crippen LogP) is 7.72. The number of benzene rings is 3. The normalized spacial score (nSPS) is 14.8. The average molecular weight is 510 g/mol. The van der Waals surface area contributed by atoms with Gasteiger partial charge in [0.15, 0.2) is 0 Å². The lowest BCUT2D eigenvalue weighted by Crippen LogP contribution is -2.47. The van der Waals surface area contributed by atoms with Crippen LogP contribution in [0.1, 0.15) is 42.1 Å². The van der Waals surface area contributed by atoms with Crippen LogP contribution in [0.2, 0.25) is 5.02 Å². The number of likely N-dealkylation sites (tertiary alicyclic amines) is 1. The number of para-hydroxylation sites is 1. The number of hydrogen-bond acceptors (Lipinski definition) is 3. The topological polar surface area (TPSA) is 52.0 Å². The van der Waals surface area contributed by atoms with Crippen molar-refractivity contribution >= 4 is 33.7 Å². The van der Waals surface area contributed by atoms with E-state index >= 15 is 0 Å². The minimum atomic E-state index is 0.524. The van der Waals surface area contributed by atoms with Crippen LogP contribution in [-0.2, 0) is 0 Å². The van der Waals surface area contributed by atoms with Gasteiger partial charge in [-0.15, -0.1) is 0 Å². The summed E-state index contributed by atoms with van der Waals surface area (Å²) >= 11 is 6.29. The van der Waals surface area contributed by atoms with E-state index in [-0.39, 0.29) is 0 Å². The van der Waals surface area contributed by atoms with E-state index in [0.717, 1.165) is 53.6 Å². The molecule has 1 aliphatic heterocycles. The Hall–Kier alpha value is -3.52. The van der Waals surface area contributed by atoms with Gasteiger partial charge in [-0.25, -0.2) is 0 Å². The van der Waals surface area contributed by atoms with Gasteiger partial charge < -0.3 is 9.72 Å². The Balaban J connectivity index is 1.43. The van der Waals surface area contributed by atoms with Crippen molar-refractivity contribution in [1.29, 1.82) is 5.26 Å². The Morgan fingerprint density at radius 3 is 2.57 bits per heavy atom. The van der Waals surface area contributed by atoms with Gasteiger partial charge >= 0.3 is 0 Å². The first-order chi connectivity index (χ1) is 18.1. The standard InChI is InChI=1S/C32H32ClN3O/c1-3-28(29-13-10-26(33)18-22(29)2)32(31-19-25-6-4-5-7-30(25)35-31)24-8-11-27(12-9-24)37-17-16-36-20-23(21-36)14-15-34/h4-13,18-19,23,35H,3,14,16-17,20-21H2,1-2H3/b32-28+. The molecule has 1 aliphatic rings. The van der Waals surface area contributed by atoms with Gasteiger partial charge in [0.2, 0.25) is 0 Å². The second kappa shape index (κ2) is 11.3. The van der Waals surface area contributed by atoms with Gasteiger partial charge in [0.05, 0.1) is 6.07 Å². The lowest BCUT2D eigenvalue weighted by Gasteiger charge is -2.37. The molecule has 37 heavy (non-hydrogen) atoms. The Labute approximate surface area is 224 Å². The lowest BCUT2D eigenvalue weighted by atomic mass is 9.89. The molecule has 5 rings (SSSR count). The Morgan fingerprint density at radius 1 is 1.08 bits per heavy atom. The van der Waals surface area contributed by atoms with Crippen molar-refractivity contribution in [2.45, 2.75) is 26.7 Å². The van der Waals surface area contributed by atoms with Crippen molar-refractivity contribution in [2.24, 2.45) is 5.92 Å². The summed E-state index contributed by atoms with van der Waals surface area (Å²) in [4.78, 5) is 6.00. The molecular formula is C32H32ClN3O. The molecule has 4 nitrogen and oxygen atoms in total. The third kappa shape index (κ3) is 5.59. The number of fused-ring (bicyclic) bond motifs is 1. The highest BCUT2D eigenvalue weighted by Gasteiger charge is 2.25. The molecule has 0 spiro atoms. The smallest absolute Gasteiger partial charge is 0.119 e. The zero-order chi connectivity index (χ0) is 25.8. The molecular weight excluding hydrogens is 478 g/mol. The summed E-state index contributed by atoms with van der Waals surface area (Å²) in [7, 11) is 0. The van der Waals surface area contributed by atoms with Gasteiger partial charge in [0, 0.05) is 53.2 Å². The maximum Gasteiger partial charge on any atom is 0.119 e. The first kappa shape index (κ1) is 25.1. The minimum Gasteiger partial charge on any atom is -0.492 e. The van der Waals surface area contributed by atoms with Crippen LogP contribution in [0.4, 0.5) is 0 Å². The first-order valence-corrected chi connectivity index (χ1v) is 13.3. The maximum atomic E-state index is 8.82. The van der Waals surface area contributed by atoms with Crippen molar-refractivity contribution in [3.63, 3.8) is 0 Å². The second-order valence-corrected chi connectivity index (χ2v) is 10.2. The van der Waals surface area contributed by atoms with E-state index < -0.39 is 0 Å². The van der Waals surface area contributed by atoms with Crippen molar-refractivity contribution in [2.75, 3.05) is 26.2 Å². The molecule has 5 heteroatoms. The molecule has 188 valence electrons. The number of ether oxygens (including phenoxy) is 1. The second-order valence-electron chi connectivity index (χ2n) is 9.80. The van der Waals surface area contributed by atoms with E-state index in [2.05, 4.69) is 90.5 Å². The highest BCUT2D eigenvalue weighted by molar-refractivity contribution is 6.30. The molecule has 2 heterocycles. The van der Waals surface area contributed by atoms with Crippen molar-refractivity contribution in [3.8, 4) is 11.8 Å². The molecule has 0 unspecified atom stereocenters. The molecule has 1 aromatic heterocycles. The summed E-state index contributed by atoms with van der Waals surface area (Å²) < 4.78 is 6.05. The average Bonchev–Trinajstić information content (AvgIpc) is 3.30. The van der Waals surface area contributed by atoms with Crippen LogP contribution in [0.25, 0.3) is 22.0 Å². The molecule has 1 saturated heterocycles. The van der Waals surface area contributed by atoms with E-state index in [1.807, 2.05) is 12.1 Å². The highest BCUT2D eigenvalue weighted by Crippen LogP contribution is 2.37. The largest absolute Gasteiger partial charge is 0.492 e. The fraction of sp³-hybridized carbons (Fsp3) is 0.281. The number of halogens is 1. The van der Waals surface area contributed by atoms with E-state index in [9.17, 15) is 0 Å². The number of allylic oxidation sites excluding steroid dienone is 1. The molecule has 0 aliphatic carbocycles. The lowest BCUT2D eigenvalue weighted by molar-refractivity contribution is 0.0854. The van der Waals surface area contributed by atoms with Gasteiger partial charge in [-0.2, -0.15) is 5.26 Å². The maximum absolute atomic E-state index is 8.82. The van der Waals surface area contributed by atoms with Gasteiger partial charge in [-0.1, -0.05) is 54.9 Å². The third-order valence-electron chi connectivity index (χ3n) is 7.20. The van der Waals surface area contributed by atoms with E-state index in [4.69, 9.17) is 21.6 Å². The number of aromatic nitrogens is 1. The fourth-order valence-corrected chi connectivity index (χ4v) is 5.52. The molecule has 3 aromatic carbocycles. The number of H-pyrrole nitrogens is 1. The highest BCUT2D eigenvalue weighted by atomic mass is 35.5. The Bertz CT molecular complexity index is 1420. The van der Waals surface area contributed by atoms with Gasteiger partial charge in [0.1, 0.15) is 12.4 Å². The summed E-state index contributed by atoms with van der Waals surface area (Å²) in [6.07, 6.45) is 1.54. The van der Waals surface area contributed by atoms with Crippen LogP contribution < -0.4 is 4.74 Å². The summed E-state index contributed by atoms with van der Waals surface area (Å²) in [5.74, 6) is 1.39. The quantitative estimate of drug-likeness (QED) is 0.235. The van der Waals surface area contributed by atoms with Crippen molar-refractivity contribution in [3.05, 3.63) is 100 Å². The molecule has 1 fully saturated rings. The van der Waals surface area contributed by atoms with Crippen LogP contribution in [0.5, 0.6) is 5.75 Å². The number of aryl methyl sites for hydroxylation is 1. The first-order valence-electron chi connectivity index (χ1n) is 13.0. The van der Waals surface area contributed by atoms with Crippen LogP contribution in [0, 0.1) is 24.2 Å². The van der Waals surface area contributed by atoms with Gasteiger partial charge in [0.25, 0.3) is 0 Å². The summed E-state index contributed by atoms with van der Waals surface area (Å²) in [5.41, 5.74) is 8.23. The van der Waals surface area contributed by atoms with Gasteiger partial charge in [-0.05, 0) is 77.9 Å². The predicted molar refractivity (Wildman–Crippen MR) is 153 cm³/mol. The fourth-order valence-electron chi connectivity index (χ4n) is 5.30. The molecule has 0 saturated carbocycles. The van der Waals surface area contributed by atoms with Crippen LogP contribution in [-0.4, -0.2) is 36.1 Å². The number of aromatic amines is 1. The Kier molecular flexibility index (Phi) is 7.65. The molecule has 0 bridgehead atoms. The third-order valence-corrected chi connectivity index (χ3v) is 7.44. The number of nitrogens with one attached hydrogen (secondary N) is 1. The van der Waals surface area contributed by atoms with Crippen LogP contribution >= 0.6 is 11.6 Å². The molecule has 0 amide bonds. The Morgan fingerprint density at radius 2 is 1.86 bits per heavy atom. The van der Waals surface area contributed by atoms with Crippen LogP contribution in [0.3, 0.4) is 0 Å². The molecule has 1 N–H and O–H groups in total. The van der Waals surface area contributed by atoms with Gasteiger partial charge in [-0.3, -0.25) is 4.90 Å². The molecule has 0 radical (unpaired) electrons. The van der Waals surface area contributed by atoms with E-state index in [0.29, 0.717) is 18.9 Å². The summed E-state index contributed by atoms with van der Waals surface area (Å²) in [6, 6.07) is 27.5. The number of hydrogen-bond donors (Lipinski definition) is 1. The number of rotatable bonds is 9. The van der Waals surface area contributed by atoms with Crippen molar-refractivity contribution in [1.82, 2.24) is 9.88 Å². The number of nitrogens with zero attached hydrogens (tertiary/aromatic N) is 2. The zero-order valence-corrected chi connectivity index (χ0v) is 22.2. The van der Waals surface area contributed by atoms with Crippen molar-refractivity contribution < 1.29 is 4.74 Å². The van der Waals surface area contributed by atoms with E-state index in [1.165, 1.54) is 27.7 Å². The number of nitriles is 1. The molecule has 0 atom stereocenters. The molecule has 4 aromatic rings. The zero-order valence-electron chi connectivity index (χ0n) is 21.4. The SMILES string of the molecule is CC/C(=C(/c1ccc(OCCN2CC(CC#N)C2)cc1)c1cc2ccccc2[nH]1)c1ccc(Cl)cc1C. The van der Waals surface area contributed by atoms with E-state index in [1.54, 1.807) is 0 Å². The van der Waals surface area contributed by atoms with Crippen LogP contribution in [0.15, 0.2) is 72.8 Å².